The summed E-state index contributed by atoms with van der Waals surface area (Å²) in [6.45, 7) is 3.98. The highest BCUT2D eigenvalue weighted by molar-refractivity contribution is 5.81. The molecule has 1 N–H and O–H groups in total. The van der Waals surface area contributed by atoms with E-state index in [-0.39, 0.29) is 11.8 Å². The number of allylic oxidation sites excluding steroid dienone is 2. The Morgan fingerprint density at radius 1 is 1.27 bits per heavy atom. The molecule has 15 heavy (non-hydrogen) atoms. The van der Waals surface area contributed by atoms with Crippen LogP contribution < -0.4 is 0 Å². The first kappa shape index (κ1) is 10.7. The molecule has 2 nitrogen and oxygen atoms in total. The van der Waals surface area contributed by atoms with Gasteiger partial charge in [-0.2, -0.15) is 0 Å². The number of aliphatic hydroxyl groups excluding tert-OH is 1. The molecule has 84 valence electrons. The molecule has 2 aliphatic carbocycles. The van der Waals surface area contributed by atoms with Gasteiger partial charge in [0.15, 0.2) is 0 Å². The average Bonchev–Trinajstić information content (AvgIpc) is 2.35. The van der Waals surface area contributed by atoms with Crippen LogP contribution in [-0.2, 0) is 4.79 Å². The van der Waals surface area contributed by atoms with Gasteiger partial charge in [0.05, 0.1) is 5.76 Å². The van der Waals surface area contributed by atoms with E-state index in [2.05, 4.69) is 0 Å². The molecule has 0 aromatic heterocycles. The summed E-state index contributed by atoms with van der Waals surface area (Å²) in [6.07, 6.45) is 4.99. The van der Waals surface area contributed by atoms with E-state index in [4.69, 9.17) is 0 Å². The number of hydrogen-bond donors (Lipinski definition) is 1. The van der Waals surface area contributed by atoms with Crippen LogP contribution in [0.1, 0.15) is 46.0 Å². The molecule has 2 heteroatoms. The molecule has 0 saturated heterocycles. The fraction of sp³-hybridized carbons (Fsp3) is 0.769. The Bertz CT molecular complexity index is 304. The van der Waals surface area contributed by atoms with Crippen molar-refractivity contribution in [3.8, 4) is 0 Å². The molecule has 0 spiro atoms. The molecule has 1 saturated carbocycles. The Balaban J connectivity index is 2.32. The highest BCUT2D eigenvalue weighted by Crippen LogP contribution is 2.43. The highest BCUT2D eigenvalue weighted by atomic mass is 16.3. The van der Waals surface area contributed by atoms with E-state index < -0.39 is 0 Å². The standard InChI is InChI=1S/C13H20O2/c1-8-6-7-10-4-3-5-11(14)9(2)12(10)13(8)15/h9-10,12,15H,3-7H2,1-2H3/t9-,10?,12-/m1/s1. The van der Waals surface area contributed by atoms with Crippen LogP contribution in [0.2, 0.25) is 0 Å². The van der Waals surface area contributed by atoms with Crippen LogP contribution in [-0.4, -0.2) is 10.9 Å². The lowest BCUT2D eigenvalue weighted by Crippen LogP contribution is -2.30. The Morgan fingerprint density at radius 3 is 2.73 bits per heavy atom. The fourth-order valence-electron chi connectivity index (χ4n) is 3.15. The van der Waals surface area contributed by atoms with Gasteiger partial charge in [-0.25, -0.2) is 0 Å². The summed E-state index contributed by atoms with van der Waals surface area (Å²) in [7, 11) is 0. The van der Waals surface area contributed by atoms with Crippen molar-refractivity contribution in [3.05, 3.63) is 11.3 Å². The van der Waals surface area contributed by atoms with E-state index in [9.17, 15) is 9.90 Å². The van der Waals surface area contributed by atoms with Crippen molar-refractivity contribution in [1.29, 1.82) is 0 Å². The molecule has 0 amide bonds. The first-order valence-corrected chi connectivity index (χ1v) is 6.02. The van der Waals surface area contributed by atoms with E-state index >= 15 is 0 Å². The van der Waals surface area contributed by atoms with Crippen LogP contribution in [0.15, 0.2) is 11.3 Å². The predicted octanol–water partition coefficient (Wildman–Crippen LogP) is 3.23. The van der Waals surface area contributed by atoms with Crippen molar-refractivity contribution in [2.75, 3.05) is 0 Å². The van der Waals surface area contributed by atoms with E-state index in [1.54, 1.807) is 0 Å². The van der Waals surface area contributed by atoms with Crippen molar-refractivity contribution < 1.29 is 9.90 Å². The normalized spacial score (nSPS) is 37.5. The van der Waals surface area contributed by atoms with Crippen LogP contribution in [0, 0.1) is 17.8 Å². The summed E-state index contributed by atoms with van der Waals surface area (Å²) in [6, 6.07) is 0. The van der Waals surface area contributed by atoms with Crippen molar-refractivity contribution >= 4 is 5.78 Å². The highest BCUT2D eigenvalue weighted by Gasteiger charge is 2.38. The lowest BCUT2D eigenvalue weighted by atomic mass is 9.72. The minimum atomic E-state index is 0.0211. The van der Waals surface area contributed by atoms with Crippen molar-refractivity contribution in [2.24, 2.45) is 17.8 Å². The number of carbonyl (C=O) groups is 1. The SMILES string of the molecule is CC1=C(O)[C@H]2C(CCCC(=O)[C@H]2C)CC1. The Hall–Kier alpha value is -0.790. The average molecular weight is 208 g/mol. The molecule has 2 rings (SSSR count). The van der Waals surface area contributed by atoms with Gasteiger partial charge in [-0.1, -0.05) is 6.92 Å². The van der Waals surface area contributed by atoms with Crippen LogP contribution in [0.3, 0.4) is 0 Å². The number of fused-ring (bicyclic) bond motifs is 1. The minimum Gasteiger partial charge on any atom is -0.512 e. The Kier molecular flexibility index (Phi) is 2.85. The second-order valence-electron chi connectivity index (χ2n) is 5.14. The van der Waals surface area contributed by atoms with Crippen LogP contribution in [0.5, 0.6) is 0 Å². The maximum atomic E-state index is 11.8. The Labute approximate surface area is 91.4 Å². The molecule has 0 radical (unpaired) electrons. The summed E-state index contributed by atoms with van der Waals surface area (Å²) in [5.74, 6) is 1.54. The van der Waals surface area contributed by atoms with E-state index in [0.29, 0.717) is 23.9 Å². The molecule has 0 aliphatic heterocycles. The molecular formula is C13H20O2. The smallest absolute Gasteiger partial charge is 0.136 e. The molecule has 1 unspecified atom stereocenters. The molecule has 3 atom stereocenters. The first-order chi connectivity index (χ1) is 7.11. The predicted molar refractivity (Wildman–Crippen MR) is 59.6 cm³/mol. The molecule has 2 aliphatic rings. The first-order valence-electron chi connectivity index (χ1n) is 6.02. The van der Waals surface area contributed by atoms with Gasteiger partial charge in [-0.05, 0) is 44.1 Å². The van der Waals surface area contributed by atoms with Gasteiger partial charge in [-0.15, -0.1) is 0 Å². The van der Waals surface area contributed by atoms with Crippen molar-refractivity contribution in [1.82, 2.24) is 0 Å². The van der Waals surface area contributed by atoms with Gasteiger partial charge < -0.3 is 5.11 Å². The quantitative estimate of drug-likeness (QED) is 0.663. The number of carbonyl (C=O) groups excluding carboxylic acids is 1. The lowest BCUT2D eigenvalue weighted by molar-refractivity contribution is -0.123. The zero-order valence-electron chi connectivity index (χ0n) is 9.62. The van der Waals surface area contributed by atoms with E-state index in [1.165, 1.54) is 0 Å². The molecule has 0 aromatic rings. The minimum absolute atomic E-state index is 0.0211. The van der Waals surface area contributed by atoms with Gasteiger partial charge in [0.2, 0.25) is 0 Å². The summed E-state index contributed by atoms with van der Waals surface area (Å²) in [5.41, 5.74) is 1.10. The summed E-state index contributed by atoms with van der Waals surface area (Å²) in [5, 5.41) is 10.1. The van der Waals surface area contributed by atoms with Crippen molar-refractivity contribution in [3.63, 3.8) is 0 Å². The molecule has 0 aromatic carbocycles. The molecule has 0 heterocycles. The second kappa shape index (κ2) is 3.99. The maximum absolute atomic E-state index is 11.8. The van der Waals surface area contributed by atoms with Gasteiger partial charge in [0.25, 0.3) is 0 Å². The Morgan fingerprint density at radius 2 is 2.00 bits per heavy atom. The van der Waals surface area contributed by atoms with Crippen LogP contribution in [0.4, 0.5) is 0 Å². The van der Waals surface area contributed by atoms with Gasteiger partial charge in [-0.3, -0.25) is 4.79 Å². The maximum Gasteiger partial charge on any atom is 0.136 e. The molecule has 1 fully saturated rings. The topological polar surface area (TPSA) is 37.3 Å². The number of ketones is 1. The number of rotatable bonds is 0. The third kappa shape index (κ3) is 1.82. The zero-order valence-corrected chi connectivity index (χ0v) is 9.62. The number of hydrogen-bond acceptors (Lipinski definition) is 2. The summed E-state index contributed by atoms with van der Waals surface area (Å²) in [4.78, 5) is 11.8. The summed E-state index contributed by atoms with van der Waals surface area (Å²) >= 11 is 0. The van der Waals surface area contributed by atoms with E-state index in [1.807, 2.05) is 13.8 Å². The fourth-order valence-corrected chi connectivity index (χ4v) is 3.15. The monoisotopic (exact) mass is 208 g/mol. The number of aliphatic hydroxyl groups is 1. The zero-order chi connectivity index (χ0) is 11.0. The molecule has 0 bridgehead atoms. The van der Waals surface area contributed by atoms with Crippen LogP contribution >= 0.6 is 0 Å². The third-order valence-corrected chi connectivity index (χ3v) is 4.20. The third-order valence-electron chi connectivity index (χ3n) is 4.20. The van der Waals surface area contributed by atoms with Crippen molar-refractivity contribution in [2.45, 2.75) is 46.0 Å². The van der Waals surface area contributed by atoms with Crippen LogP contribution in [0.25, 0.3) is 0 Å². The van der Waals surface area contributed by atoms with E-state index in [0.717, 1.165) is 31.3 Å². The largest absolute Gasteiger partial charge is 0.512 e. The second-order valence-corrected chi connectivity index (χ2v) is 5.14. The number of Topliss-reactive ketones (excluding diaryl/α,β-unsaturated/α-hetero) is 1. The van der Waals surface area contributed by atoms with Gasteiger partial charge in [0.1, 0.15) is 5.78 Å². The molecular weight excluding hydrogens is 188 g/mol. The lowest BCUT2D eigenvalue weighted by Gasteiger charge is -2.33. The summed E-state index contributed by atoms with van der Waals surface area (Å²) < 4.78 is 0. The van der Waals surface area contributed by atoms with Gasteiger partial charge >= 0.3 is 0 Å². The van der Waals surface area contributed by atoms with Gasteiger partial charge in [0, 0.05) is 18.3 Å².